The molecule has 8 heteroatoms. The van der Waals surface area contributed by atoms with Gasteiger partial charge in [-0.2, -0.15) is 4.31 Å². The van der Waals surface area contributed by atoms with Gasteiger partial charge < -0.3 is 4.90 Å². The van der Waals surface area contributed by atoms with Crippen molar-refractivity contribution in [2.24, 2.45) is 0 Å². The number of likely N-dealkylation sites (N-methyl/N-ethyl adjacent to an activating group) is 1. The molecule has 1 aromatic heterocycles. The van der Waals surface area contributed by atoms with Crippen molar-refractivity contribution in [2.75, 3.05) is 19.6 Å². The van der Waals surface area contributed by atoms with Crippen LogP contribution in [0.1, 0.15) is 36.6 Å². The average molecular weight is 441 g/mol. The molecule has 2 heterocycles. The summed E-state index contributed by atoms with van der Waals surface area (Å²) in [5.41, 5.74) is 0.810. The zero-order chi connectivity index (χ0) is 20.1. The summed E-state index contributed by atoms with van der Waals surface area (Å²) in [6.07, 6.45) is 3.15. The number of amides is 1. The summed E-state index contributed by atoms with van der Waals surface area (Å²) >= 11 is 7.44. The van der Waals surface area contributed by atoms with Crippen molar-refractivity contribution in [1.29, 1.82) is 0 Å². The average Bonchev–Trinajstić information content (AvgIpc) is 3.12. The smallest absolute Gasteiger partial charge is 0.243 e. The lowest BCUT2D eigenvalue weighted by molar-refractivity contribution is -0.130. The molecule has 0 N–H and O–H groups in total. The van der Waals surface area contributed by atoms with E-state index in [0.29, 0.717) is 35.4 Å². The van der Waals surface area contributed by atoms with Gasteiger partial charge in [-0.05, 0) is 49.6 Å². The topological polar surface area (TPSA) is 57.7 Å². The van der Waals surface area contributed by atoms with Gasteiger partial charge in [0.2, 0.25) is 15.9 Å². The van der Waals surface area contributed by atoms with Crippen LogP contribution in [0.3, 0.4) is 0 Å². The van der Waals surface area contributed by atoms with Crippen LogP contribution in [-0.2, 0) is 27.8 Å². The number of sulfonamides is 1. The number of piperidine rings is 1. The van der Waals surface area contributed by atoms with E-state index >= 15 is 0 Å². The van der Waals surface area contributed by atoms with Gasteiger partial charge in [-0.25, -0.2) is 8.42 Å². The van der Waals surface area contributed by atoms with E-state index in [1.807, 2.05) is 19.1 Å². The minimum atomic E-state index is -3.44. The van der Waals surface area contributed by atoms with E-state index in [0.717, 1.165) is 29.7 Å². The fraction of sp³-hybridized carbons (Fsp3) is 0.450. The molecule has 3 rings (SSSR count). The number of thiophene rings is 1. The molecule has 1 fully saturated rings. The second kappa shape index (κ2) is 9.39. The number of carbonyl (C=O) groups excluding carboxylic acids is 1. The molecule has 0 radical (unpaired) electrons. The maximum Gasteiger partial charge on any atom is 0.243 e. The fourth-order valence-electron chi connectivity index (χ4n) is 3.32. The molecule has 1 amide bonds. The molecule has 0 aliphatic carbocycles. The highest BCUT2D eigenvalue weighted by atomic mass is 35.5. The highest BCUT2D eigenvalue weighted by Gasteiger charge is 2.25. The van der Waals surface area contributed by atoms with E-state index in [-0.39, 0.29) is 12.3 Å². The summed E-state index contributed by atoms with van der Waals surface area (Å²) in [6.45, 7) is 4.26. The van der Waals surface area contributed by atoms with Crippen LogP contribution in [0, 0.1) is 0 Å². The first kappa shape index (κ1) is 21.3. The molecule has 1 aromatic carbocycles. The third-order valence-corrected chi connectivity index (χ3v) is 8.07. The molecule has 28 heavy (non-hydrogen) atoms. The lowest BCUT2D eigenvalue weighted by Gasteiger charge is -2.26. The van der Waals surface area contributed by atoms with Crippen molar-refractivity contribution in [2.45, 2.75) is 44.0 Å². The second-order valence-corrected chi connectivity index (χ2v) is 10.6. The largest absolute Gasteiger partial charge is 0.338 e. The van der Waals surface area contributed by atoms with Crippen molar-refractivity contribution in [3.63, 3.8) is 0 Å². The van der Waals surface area contributed by atoms with Crippen molar-refractivity contribution >= 4 is 38.9 Å². The van der Waals surface area contributed by atoms with E-state index in [1.54, 1.807) is 33.5 Å². The lowest BCUT2D eigenvalue weighted by atomic mass is 10.1. The van der Waals surface area contributed by atoms with Crippen LogP contribution in [-0.4, -0.2) is 43.2 Å². The second-order valence-electron chi connectivity index (χ2n) is 6.90. The van der Waals surface area contributed by atoms with E-state index in [9.17, 15) is 13.2 Å². The lowest BCUT2D eigenvalue weighted by Crippen LogP contribution is -2.35. The van der Waals surface area contributed by atoms with Crippen LogP contribution in [0.15, 0.2) is 41.3 Å². The summed E-state index contributed by atoms with van der Waals surface area (Å²) in [7, 11) is -3.44. The summed E-state index contributed by atoms with van der Waals surface area (Å²) in [5.74, 6) is 0.0126. The molecular formula is C20H25ClN2O3S2. The Hall–Kier alpha value is -1.41. The third kappa shape index (κ3) is 5.14. The Labute approximate surface area is 176 Å². The molecule has 0 atom stereocenters. The molecule has 0 bridgehead atoms. The van der Waals surface area contributed by atoms with E-state index < -0.39 is 10.0 Å². The molecule has 0 saturated carbocycles. The van der Waals surface area contributed by atoms with Crippen molar-refractivity contribution in [1.82, 2.24) is 9.21 Å². The first-order valence-corrected chi connectivity index (χ1v) is 12.1. The molecule has 152 valence electrons. The van der Waals surface area contributed by atoms with Gasteiger partial charge in [-0.15, -0.1) is 11.3 Å². The van der Waals surface area contributed by atoms with Gasteiger partial charge in [-0.1, -0.05) is 30.2 Å². The van der Waals surface area contributed by atoms with Crippen LogP contribution < -0.4 is 0 Å². The molecule has 1 aliphatic rings. The summed E-state index contributed by atoms with van der Waals surface area (Å²) < 4.78 is 27.7. The van der Waals surface area contributed by atoms with Crippen molar-refractivity contribution in [3.05, 3.63) is 51.2 Å². The normalized spacial score (nSPS) is 15.5. The van der Waals surface area contributed by atoms with Crippen molar-refractivity contribution < 1.29 is 13.2 Å². The SMILES string of the molecule is CCN(Cc1ccc(Cl)s1)C(=O)Cc1ccc(S(=O)(=O)N2CCCCC2)cc1. The molecule has 1 saturated heterocycles. The number of benzene rings is 1. The van der Waals surface area contributed by atoms with Crippen molar-refractivity contribution in [3.8, 4) is 0 Å². The van der Waals surface area contributed by atoms with Gasteiger partial charge in [0.15, 0.2) is 0 Å². The predicted octanol–water partition coefficient (Wildman–Crippen LogP) is 4.17. The minimum Gasteiger partial charge on any atom is -0.338 e. The minimum absolute atomic E-state index is 0.0126. The van der Waals surface area contributed by atoms with Crippen LogP contribution >= 0.6 is 22.9 Å². The van der Waals surface area contributed by atoms with E-state index in [2.05, 4.69) is 0 Å². The Bertz CT molecular complexity index is 904. The number of halogens is 1. The Morgan fingerprint density at radius 2 is 1.79 bits per heavy atom. The zero-order valence-electron chi connectivity index (χ0n) is 15.9. The van der Waals surface area contributed by atoms with Gasteiger partial charge in [0, 0.05) is 24.5 Å². The van der Waals surface area contributed by atoms with Gasteiger partial charge in [-0.3, -0.25) is 4.79 Å². The van der Waals surface area contributed by atoms with Gasteiger partial charge in [0.1, 0.15) is 0 Å². The molecule has 2 aromatic rings. The summed E-state index contributed by atoms with van der Waals surface area (Å²) in [6, 6.07) is 10.5. The monoisotopic (exact) mass is 440 g/mol. The quantitative estimate of drug-likeness (QED) is 0.649. The third-order valence-electron chi connectivity index (χ3n) is 4.94. The van der Waals surface area contributed by atoms with Crippen LogP contribution in [0.4, 0.5) is 0 Å². The zero-order valence-corrected chi connectivity index (χ0v) is 18.3. The summed E-state index contributed by atoms with van der Waals surface area (Å²) in [4.78, 5) is 15.8. The number of hydrogen-bond donors (Lipinski definition) is 0. The first-order valence-electron chi connectivity index (χ1n) is 9.51. The highest BCUT2D eigenvalue weighted by Crippen LogP contribution is 2.24. The molecule has 0 unspecified atom stereocenters. The molecule has 5 nitrogen and oxygen atoms in total. The highest BCUT2D eigenvalue weighted by molar-refractivity contribution is 7.89. The number of carbonyl (C=O) groups is 1. The Morgan fingerprint density at radius 3 is 2.36 bits per heavy atom. The van der Waals surface area contributed by atoms with Crippen LogP contribution in [0.25, 0.3) is 0 Å². The maximum atomic E-state index is 12.7. The summed E-state index contributed by atoms with van der Waals surface area (Å²) in [5, 5.41) is 0. The fourth-order valence-corrected chi connectivity index (χ4v) is 5.94. The van der Waals surface area contributed by atoms with Gasteiger partial charge in [0.25, 0.3) is 0 Å². The first-order chi connectivity index (χ1) is 13.4. The molecule has 0 spiro atoms. The number of nitrogens with zero attached hydrogens (tertiary/aromatic N) is 2. The van der Waals surface area contributed by atoms with E-state index in [4.69, 9.17) is 11.6 Å². The Kier molecular flexibility index (Phi) is 7.15. The number of rotatable bonds is 7. The van der Waals surface area contributed by atoms with E-state index in [1.165, 1.54) is 11.3 Å². The number of hydrogen-bond acceptors (Lipinski definition) is 4. The van der Waals surface area contributed by atoms with Crippen LogP contribution in [0.2, 0.25) is 4.34 Å². The van der Waals surface area contributed by atoms with Gasteiger partial charge >= 0.3 is 0 Å². The maximum absolute atomic E-state index is 12.7. The van der Waals surface area contributed by atoms with Crippen LogP contribution in [0.5, 0.6) is 0 Å². The van der Waals surface area contributed by atoms with Gasteiger partial charge in [0.05, 0.1) is 22.2 Å². The Balaban J connectivity index is 1.65. The molecular weight excluding hydrogens is 416 g/mol. The predicted molar refractivity (Wildman–Crippen MR) is 113 cm³/mol. The standard InChI is InChI=1S/C20H25ClN2O3S2/c1-2-22(15-17-8-11-19(21)27-17)20(24)14-16-6-9-18(10-7-16)28(25,26)23-12-4-3-5-13-23/h6-11H,2-5,12-15H2,1H3. The Morgan fingerprint density at radius 1 is 1.11 bits per heavy atom. The molecule has 1 aliphatic heterocycles.